The Kier molecular flexibility index (Phi) is 7.22. The predicted molar refractivity (Wildman–Crippen MR) is 103 cm³/mol. The van der Waals surface area contributed by atoms with E-state index in [0.717, 1.165) is 0 Å². The number of nitrogens with zero attached hydrogens (tertiary/aromatic N) is 1. The van der Waals surface area contributed by atoms with E-state index < -0.39 is 16.7 Å². The second-order valence-electron chi connectivity index (χ2n) is 5.19. The van der Waals surface area contributed by atoms with Gasteiger partial charge in [0.15, 0.2) is 11.7 Å². The van der Waals surface area contributed by atoms with Crippen LogP contribution in [-0.2, 0) is 4.79 Å². The van der Waals surface area contributed by atoms with Crippen LogP contribution in [0.5, 0.6) is 11.5 Å². The Balaban J connectivity index is 1.79. The number of ether oxygens (including phenoxy) is 2. The molecule has 2 rings (SSSR count). The maximum atomic E-state index is 12.1. The fourth-order valence-corrected chi connectivity index (χ4v) is 2.15. The normalized spacial score (nSPS) is 9.75. The van der Waals surface area contributed by atoms with E-state index in [1.165, 1.54) is 31.4 Å². The minimum atomic E-state index is -0.784. The first-order valence-corrected chi connectivity index (χ1v) is 8.22. The molecule has 0 atom stereocenters. The lowest BCUT2D eigenvalue weighted by Crippen LogP contribution is -2.49. The third kappa shape index (κ3) is 5.92. The van der Waals surface area contributed by atoms with Crippen molar-refractivity contribution in [3.8, 4) is 11.5 Å². The third-order valence-corrected chi connectivity index (χ3v) is 3.52. The maximum absolute atomic E-state index is 12.1. The quantitative estimate of drug-likeness (QED) is 0.373. The average Bonchev–Trinajstić information content (AvgIpc) is 2.71. The summed E-state index contributed by atoms with van der Waals surface area (Å²) in [5, 5.41) is 13.0. The Morgan fingerprint density at radius 1 is 1.07 bits per heavy atom. The fourth-order valence-electron chi connectivity index (χ4n) is 2.01. The largest absolute Gasteiger partial charge is 0.497 e. The number of hydrogen-bond acceptors (Lipinski definition) is 7. The Hall–Kier alpha value is -3.73. The lowest BCUT2D eigenvalue weighted by Gasteiger charge is -2.11. The summed E-state index contributed by atoms with van der Waals surface area (Å²) in [6.07, 6.45) is 0. The van der Waals surface area contributed by atoms with Crippen molar-refractivity contribution in [1.82, 2.24) is 16.2 Å². The van der Waals surface area contributed by atoms with Crippen LogP contribution in [0, 0.1) is 10.1 Å². The monoisotopic (exact) mass is 404 g/mol. The summed E-state index contributed by atoms with van der Waals surface area (Å²) in [6, 6.07) is 12.0. The highest BCUT2D eigenvalue weighted by molar-refractivity contribution is 7.80. The minimum Gasteiger partial charge on any atom is -0.497 e. The second-order valence-corrected chi connectivity index (χ2v) is 5.60. The van der Waals surface area contributed by atoms with E-state index in [9.17, 15) is 19.7 Å². The first-order chi connectivity index (χ1) is 13.4. The Morgan fingerprint density at radius 3 is 2.36 bits per heavy atom. The van der Waals surface area contributed by atoms with E-state index in [1.54, 1.807) is 24.3 Å². The summed E-state index contributed by atoms with van der Waals surface area (Å²) in [7, 11) is 1.53. The van der Waals surface area contributed by atoms with Gasteiger partial charge in [-0.1, -0.05) is 12.1 Å². The van der Waals surface area contributed by atoms with Crippen molar-refractivity contribution in [1.29, 1.82) is 0 Å². The number of nitro benzene ring substituents is 1. The Labute approximate surface area is 164 Å². The van der Waals surface area contributed by atoms with Gasteiger partial charge in [0.1, 0.15) is 17.1 Å². The number of rotatable bonds is 6. The predicted octanol–water partition coefficient (Wildman–Crippen LogP) is 1.32. The maximum Gasteiger partial charge on any atom is 0.282 e. The topological polar surface area (TPSA) is 132 Å². The fraction of sp³-hybridized carbons (Fsp3) is 0.118. The van der Waals surface area contributed by atoms with Gasteiger partial charge in [-0.2, -0.15) is 0 Å². The van der Waals surface area contributed by atoms with Crippen LogP contribution in [0.2, 0.25) is 0 Å². The molecule has 3 N–H and O–H groups in total. The van der Waals surface area contributed by atoms with Gasteiger partial charge in [-0.25, -0.2) is 0 Å². The van der Waals surface area contributed by atoms with Crippen molar-refractivity contribution in [3.63, 3.8) is 0 Å². The number of carbonyl (C=O) groups is 2. The molecule has 28 heavy (non-hydrogen) atoms. The molecule has 0 spiro atoms. The van der Waals surface area contributed by atoms with E-state index in [-0.39, 0.29) is 23.0 Å². The highest BCUT2D eigenvalue weighted by atomic mass is 32.1. The van der Waals surface area contributed by atoms with E-state index >= 15 is 0 Å². The first kappa shape index (κ1) is 20.6. The summed E-state index contributed by atoms with van der Waals surface area (Å²) in [5.41, 5.74) is 4.03. The number of hydrogen-bond donors (Lipinski definition) is 3. The molecular formula is C17H16N4O6S. The number of benzene rings is 2. The molecule has 11 heteroatoms. The summed E-state index contributed by atoms with van der Waals surface area (Å²) >= 11 is 4.88. The van der Waals surface area contributed by atoms with Gasteiger partial charge in [-0.15, -0.1) is 0 Å². The number of nitrogens with one attached hydrogen (secondary N) is 3. The van der Waals surface area contributed by atoms with Crippen LogP contribution < -0.4 is 25.6 Å². The van der Waals surface area contributed by atoms with Crippen molar-refractivity contribution in [2.75, 3.05) is 13.7 Å². The van der Waals surface area contributed by atoms with Gasteiger partial charge >= 0.3 is 0 Å². The summed E-state index contributed by atoms with van der Waals surface area (Å²) in [4.78, 5) is 34.1. The number of amides is 2. The molecule has 146 valence electrons. The zero-order chi connectivity index (χ0) is 20.5. The van der Waals surface area contributed by atoms with E-state index in [1.807, 2.05) is 0 Å². The van der Waals surface area contributed by atoms with Crippen LogP contribution in [0.4, 0.5) is 5.69 Å². The van der Waals surface area contributed by atoms with Crippen molar-refractivity contribution < 1.29 is 24.0 Å². The lowest BCUT2D eigenvalue weighted by atomic mass is 10.1. The number of para-hydroxylation sites is 1. The highest BCUT2D eigenvalue weighted by Crippen LogP contribution is 2.17. The van der Waals surface area contributed by atoms with Crippen LogP contribution in [0.1, 0.15) is 10.4 Å². The zero-order valence-corrected chi connectivity index (χ0v) is 15.4. The molecule has 0 aliphatic heterocycles. The van der Waals surface area contributed by atoms with Gasteiger partial charge in [-0.05, 0) is 42.5 Å². The molecule has 0 radical (unpaired) electrons. The molecule has 0 heterocycles. The van der Waals surface area contributed by atoms with Crippen molar-refractivity contribution in [2.45, 2.75) is 0 Å². The van der Waals surface area contributed by atoms with Gasteiger partial charge in [0.25, 0.3) is 17.5 Å². The standard InChI is InChI=1S/C17H16N4O6S/c1-26-11-6-8-12(9-7-11)27-10-15(22)19-20-17(28)18-16(23)13-4-2-3-5-14(13)21(24)25/h2-9H,10H2,1H3,(H,19,22)(H2,18,20,23,28). The molecule has 10 nitrogen and oxygen atoms in total. The van der Waals surface area contributed by atoms with Crippen LogP contribution in [0.3, 0.4) is 0 Å². The number of carbonyl (C=O) groups excluding carboxylic acids is 2. The van der Waals surface area contributed by atoms with Crippen LogP contribution in [0.15, 0.2) is 48.5 Å². The van der Waals surface area contributed by atoms with E-state index in [2.05, 4.69) is 16.2 Å². The molecule has 0 aliphatic rings. The zero-order valence-electron chi connectivity index (χ0n) is 14.6. The summed E-state index contributed by atoms with van der Waals surface area (Å²) in [5.74, 6) is -0.229. The molecule has 0 aliphatic carbocycles. The first-order valence-electron chi connectivity index (χ1n) is 7.81. The smallest absolute Gasteiger partial charge is 0.282 e. The van der Waals surface area contributed by atoms with Gasteiger partial charge in [0.05, 0.1) is 12.0 Å². The van der Waals surface area contributed by atoms with Crippen molar-refractivity contribution >= 4 is 34.8 Å². The minimum absolute atomic E-state index is 0.161. The number of thiocarbonyl (C=S) groups is 1. The van der Waals surface area contributed by atoms with Crippen molar-refractivity contribution in [3.05, 3.63) is 64.2 Å². The van der Waals surface area contributed by atoms with Crippen LogP contribution >= 0.6 is 12.2 Å². The lowest BCUT2D eigenvalue weighted by molar-refractivity contribution is -0.385. The molecule has 0 saturated carbocycles. The van der Waals surface area contributed by atoms with Gasteiger partial charge in [0, 0.05) is 6.07 Å². The number of nitro groups is 1. The highest BCUT2D eigenvalue weighted by Gasteiger charge is 2.19. The molecule has 2 aromatic rings. The average molecular weight is 404 g/mol. The Bertz CT molecular complexity index is 887. The van der Waals surface area contributed by atoms with Crippen LogP contribution in [-0.4, -0.2) is 35.6 Å². The molecule has 0 saturated heterocycles. The van der Waals surface area contributed by atoms with Gasteiger partial charge in [0.2, 0.25) is 0 Å². The van der Waals surface area contributed by atoms with Crippen LogP contribution in [0.25, 0.3) is 0 Å². The molecule has 2 amide bonds. The molecule has 0 fully saturated rings. The summed E-state index contributed by atoms with van der Waals surface area (Å²) in [6.45, 7) is -0.306. The van der Waals surface area contributed by atoms with Crippen molar-refractivity contribution in [2.24, 2.45) is 0 Å². The molecule has 0 unspecified atom stereocenters. The SMILES string of the molecule is COc1ccc(OCC(=O)NNC(=S)NC(=O)c2ccccc2[N+](=O)[O-])cc1. The van der Waals surface area contributed by atoms with E-state index in [4.69, 9.17) is 21.7 Å². The molecule has 2 aromatic carbocycles. The van der Waals surface area contributed by atoms with Gasteiger partial charge < -0.3 is 9.47 Å². The third-order valence-electron chi connectivity index (χ3n) is 3.32. The molecule has 0 aromatic heterocycles. The second kappa shape index (κ2) is 9.83. The number of methoxy groups -OCH3 is 1. The van der Waals surface area contributed by atoms with E-state index in [0.29, 0.717) is 11.5 Å². The molecule has 0 bridgehead atoms. The molecular weight excluding hydrogens is 388 g/mol. The number of hydrazine groups is 1. The summed E-state index contributed by atoms with van der Waals surface area (Å²) < 4.78 is 10.3. The Morgan fingerprint density at radius 2 is 1.71 bits per heavy atom. The van der Waals surface area contributed by atoms with Gasteiger partial charge in [-0.3, -0.25) is 35.9 Å².